The van der Waals surface area contributed by atoms with E-state index in [0.29, 0.717) is 0 Å². The van der Waals surface area contributed by atoms with E-state index >= 15 is 0 Å². The average molecular weight is 432 g/mol. The standard InChI is InChI=1S/C25H41N3O3/c1-3-26(18-20-30-2)21-23-9-7-17-28(23)25(29)22-10-12-24(13-11-22)31-19-8-16-27-14-5-4-6-15-27/h10-13,23H,3-9,14-21H2,1-2H3/t23-/m0/s1. The zero-order valence-electron chi connectivity index (χ0n) is 19.6. The summed E-state index contributed by atoms with van der Waals surface area (Å²) < 4.78 is 11.1. The number of nitrogens with zero attached hydrogens (tertiary/aromatic N) is 3. The fourth-order valence-electron chi connectivity index (χ4n) is 4.71. The van der Waals surface area contributed by atoms with Crippen molar-refractivity contribution in [2.75, 3.05) is 66.1 Å². The highest BCUT2D eigenvalue weighted by atomic mass is 16.5. The number of carbonyl (C=O) groups excluding carboxylic acids is 1. The predicted octanol–water partition coefficient (Wildman–Crippen LogP) is 3.51. The van der Waals surface area contributed by atoms with Gasteiger partial charge in [0.05, 0.1) is 13.2 Å². The molecule has 0 bridgehead atoms. The number of amides is 1. The van der Waals surface area contributed by atoms with Crippen LogP contribution in [0.1, 0.15) is 55.8 Å². The fraction of sp³-hybridized carbons (Fsp3) is 0.720. The van der Waals surface area contributed by atoms with Crippen LogP contribution in [0.15, 0.2) is 24.3 Å². The Morgan fingerprint density at radius 1 is 1.06 bits per heavy atom. The van der Waals surface area contributed by atoms with Crippen LogP contribution < -0.4 is 4.74 Å². The quantitative estimate of drug-likeness (QED) is 0.474. The lowest BCUT2D eigenvalue weighted by Gasteiger charge is -2.30. The van der Waals surface area contributed by atoms with Crippen LogP contribution in [0.3, 0.4) is 0 Å². The maximum Gasteiger partial charge on any atom is 0.254 e. The molecule has 6 nitrogen and oxygen atoms in total. The minimum atomic E-state index is 0.141. The molecule has 1 atom stereocenters. The van der Waals surface area contributed by atoms with Gasteiger partial charge < -0.3 is 19.3 Å². The Kier molecular flexibility index (Phi) is 10.1. The number of carbonyl (C=O) groups is 1. The van der Waals surface area contributed by atoms with E-state index in [1.54, 1.807) is 7.11 Å². The van der Waals surface area contributed by atoms with Gasteiger partial charge >= 0.3 is 0 Å². The Bertz CT molecular complexity index is 646. The summed E-state index contributed by atoms with van der Waals surface area (Å²) in [6, 6.07) is 8.00. The van der Waals surface area contributed by atoms with Gasteiger partial charge in [-0.15, -0.1) is 0 Å². The lowest BCUT2D eigenvalue weighted by molar-refractivity contribution is 0.0685. The van der Waals surface area contributed by atoms with Crippen LogP contribution in [0.5, 0.6) is 5.75 Å². The molecule has 174 valence electrons. The van der Waals surface area contributed by atoms with Crippen molar-refractivity contribution in [1.29, 1.82) is 0 Å². The Hall–Kier alpha value is -1.63. The van der Waals surface area contributed by atoms with Crippen molar-refractivity contribution < 1.29 is 14.3 Å². The predicted molar refractivity (Wildman–Crippen MR) is 125 cm³/mol. The van der Waals surface area contributed by atoms with Crippen LogP contribution in [0.25, 0.3) is 0 Å². The molecule has 0 aromatic heterocycles. The van der Waals surface area contributed by atoms with Gasteiger partial charge in [0.1, 0.15) is 5.75 Å². The first kappa shape index (κ1) is 24.0. The minimum absolute atomic E-state index is 0.141. The van der Waals surface area contributed by atoms with E-state index in [1.165, 1.54) is 32.4 Å². The molecule has 31 heavy (non-hydrogen) atoms. The Labute approximate surface area is 188 Å². The smallest absolute Gasteiger partial charge is 0.254 e. The second-order valence-electron chi connectivity index (χ2n) is 8.81. The van der Waals surface area contributed by atoms with Gasteiger partial charge in [0.25, 0.3) is 5.91 Å². The van der Waals surface area contributed by atoms with Crippen LogP contribution in [0, 0.1) is 0 Å². The molecule has 2 saturated heterocycles. The molecule has 1 aromatic carbocycles. The molecular weight excluding hydrogens is 390 g/mol. The molecule has 0 N–H and O–H groups in total. The number of hydrogen-bond acceptors (Lipinski definition) is 5. The Balaban J connectivity index is 1.45. The summed E-state index contributed by atoms with van der Waals surface area (Å²) in [7, 11) is 1.74. The zero-order chi connectivity index (χ0) is 21.9. The van der Waals surface area contributed by atoms with Gasteiger partial charge in [0.15, 0.2) is 0 Å². The van der Waals surface area contributed by atoms with E-state index in [0.717, 1.165) is 76.5 Å². The summed E-state index contributed by atoms with van der Waals surface area (Å²) in [6.45, 7) is 10.9. The van der Waals surface area contributed by atoms with Crippen LogP contribution >= 0.6 is 0 Å². The largest absolute Gasteiger partial charge is 0.494 e. The van der Waals surface area contributed by atoms with Crippen molar-refractivity contribution in [2.45, 2.75) is 51.5 Å². The van der Waals surface area contributed by atoms with Crippen LogP contribution in [0.4, 0.5) is 0 Å². The van der Waals surface area contributed by atoms with Gasteiger partial charge in [-0.1, -0.05) is 13.3 Å². The molecule has 0 radical (unpaired) electrons. The van der Waals surface area contributed by atoms with Gasteiger partial charge in [-0.2, -0.15) is 0 Å². The first-order valence-corrected chi connectivity index (χ1v) is 12.2. The number of likely N-dealkylation sites (N-methyl/N-ethyl adjacent to an activating group) is 1. The molecule has 2 heterocycles. The summed E-state index contributed by atoms with van der Waals surface area (Å²) in [4.78, 5) is 20.1. The zero-order valence-corrected chi connectivity index (χ0v) is 19.6. The van der Waals surface area contributed by atoms with Crippen molar-refractivity contribution >= 4 is 5.91 Å². The maximum atomic E-state index is 13.1. The number of hydrogen-bond donors (Lipinski definition) is 0. The topological polar surface area (TPSA) is 45.3 Å². The average Bonchev–Trinajstić information content (AvgIpc) is 3.28. The minimum Gasteiger partial charge on any atom is -0.494 e. The first-order chi connectivity index (χ1) is 15.2. The third-order valence-corrected chi connectivity index (χ3v) is 6.60. The van der Waals surface area contributed by atoms with Gasteiger partial charge in [0.2, 0.25) is 0 Å². The van der Waals surface area contributed by atoms with Crippen LogP contribution in [-0.2, 0) is 4.74 Å². The highest BCUT2D eigenvalue weighted by Crippen LogP contribution is 2.22. The molecule has 2 fully saturated rings. The molecule has 1 aromatic rings. The third-order valence-electron chi connectivity index (χ3n) is 6.60. The molecule has 0 unspecified atom stereocenters. The second kappa shape index (κ2) is 13.0. The molecule has 1 amide bonds. The first-order valence-electron chi connectivity index (χ1n) is 12.2. The summed E-state index contributed by atoms with van der Waals surface area (Å²) in [6.07, 6.45) is 7.24. The van der Waals surface area contributed by atoms with Gasteiger partial charge in [-0.05, 0) is 76.0 Å². The summed E-state index contributed by atoms with van der Waals surface area (Å²) in [5, 5.41) is 0. The van der Waals surface area contributed by atoms with Gasteiger partial charge in [-0.25, -0.2) is 0 Å². The molecule has 3 rings (SSSR count). The number of benzene rings is 1. The van der Waals surface area contributed by atoms with Crippen molar-refractivity contribution in [1.82, 2.24) is 14.7 Å². The fourth-order valence-corrected chi connectivity index (χ4v) is 4.71. The maximum absolute atomic E-state index is 13.1. The molecule has 0 spiro atoms. The third kappa shape index (κ3) is 7.48. The summed E-state index contributed by atoms with van der Waals surface area (Å²) >= 11 is 0. The van der Waals surface area contributed by atoms with E-state index in [9.17, 15) is 4.79 Å². The lowest BCUT2D eigenvalue weighted by Crippen LogP contribution is -2.44. The summed E-state index contributed by atoms with van der Waals surface area (Å²) in [5.41, 5.74) is 0.757. The second-order valence-corrected chi connectivity index (χ2v) is 8.81. The van der Waals surface area contributed by atoms with Crippen LogP contribution in [-0.4, -0.2) is 92.8 Å². The van der Waals surface area contributed by atoms with Crippen LogP contribution in [0.2, 0.25) is 0 Å². The monoisotopic (exact) mass is 431 g/mol. The van der Waals surface area contributed by atoms with Crippen molar-refractivity contribution in [3.63, 3.8) is 0 Å². The number of rotatable bonds is 12. The summed E-state index contributed by atoms with van der Waals surface area (Å²) in [5.74, 6) is 0.992. The molecule has 6 heteroatoms. The van der Waals surface area contributed by atoms with E-state index in [1.807, 2.05) is 24.3 Å². The molecule has 0 saturated carbocycles. The van der Waals surface area contributed by atoms with Gasteiger partial charge in [0, 0.05) is 44.9 Å². The van der Waals surface area contributed by atoms with E-state index in [-0.39, 0.29) is 11.9 Å². The highest BCUT2D eigenvalue weighted by molar-refractivity contribution is 5.94. The number of piperidine rings is 1. The Morgan fingerprint density at radius 3 is 2.55 bits per heavy atom. The number of methoxy groups -OCH3 is 1. The molecule has 0 aliphatic carbocycles. The van der Waals surface area contributed by atoms with Crippen molar-refractivity contribution in [3.05, 3.63) is 29.8 Å². The molecular formula is C25H41N3O3. The number of likely N-dealkylation sites (tertiary alicyclic amines) is 2. The van der Waals surface area contributed by atoms with E-state index < -0.39 is 0 Å². The normalized spacial score (nSPS) is 19.8. The lowest BCUT2D eigenvalue weighted by atomic mass is 10.1. The SMILES string of the molecule is CCN(CCOC)C[C@@H]1CCCN1C(=O)c1ccc(OCCCN2CCCCC2)cc1. The van der Waals surface area contributed by atoms with Crippen molar-refractivity contribution in [3.8, 4) is 5.75 Å². The molecule has 2 aliphatic heterocycles. The van der Waals surface area contributed by atoms with Crippen molar-refractivity contribution in [2.24, 2.45) is 0 Å². The van der Waals surface area contributed by atoms with E-state index in [2.05, 4.69) is 21.6 Å². The van der Waals surface area contributed by atoms with E-state index in [4.69, 9.17) is 9.47 Å². The van der Waals surface area contributed by atoms with Gasteiger partial charge in [-0.3, -0.25) is 9.69 Å². The highest BCUT2D eigenvalue weighted by Gasteiger charge is 2.30. The molecule has 2 aliphatic rings. The Morgan fingerprint density at radius 2 is 1.84 bits per heavy atom. The number of ether oxygens (including phenoxy) is 2.